The monoisotopic (exact) mass is 493 g/mol. The lowest BCUT2D eigenvalue weighted by molar-refractivity contribution is 0.0387. The Kier molecular flexibility index (Phi) is 7.84. The second-order valence-corrected chi connectivity index (χ2v) is 11.0. The van der Waals surface area contributed by atoms with E-state index < -0.39 is 28.0 Å². The van der Waals surface area contributed by atoms with E-state index in [1.165, 1.54) is 23.5 Å². The molecule has 0 spiro atoms. The largest absolute Gasteiger partial charge is 0.488 e. The summed E-state index contributed by atoms with van der Waals surface area (Å²) in [4.78, 5) is 16.8. The van der Waals surface area contributed by atoms with Gasteiger partial charge in [0, 0.05) is 39.3 Å². The fourth-order valence-corrected chi connectivity index (χ4v) is 5.03. The summed E-state index contributed by atoms with van der Waals surface area (Å²) in [5, 5.41) is 9.76. The average molecular weight is 494 g/mol. The summed E-state index contributed by atoms with van der Waals surface area (Å²) < 4.78 is 46.8. The van der Waals surface area contributed by atoms with Gasteiger partial charge in [0.1, 0.15) is 17.7 Å². The van der Waals surface area contributed by atoms with Gasteiger partial charge < -0.3 is 19.6 Å². The van der Waals surface area contributed by atoms with Crippen LogP contribution in [0.5, 0.6) is 5.75 Å². The van der Waals surface area contributed by atoms with Gasteiger partial charge >= 0.3 is 0 Å². The normalized spacial score (nSPS) is 19.8. The first-order valence-electron chi connectivity index (χ1n) is 11.1. The first-order chi connectivity index (χ1) is 15.9. The summed E-state index contributed by atoms with van der Waals surface area (Å²) in [5.41, 5.74) is 1.17. The van der Waals surface area contributed by atoms with Crippen LogP contribution >= 0.6 is 0 Å². The number of hydrogen-bond donors (Lipinski definition) is 1. The summed E-state index contributed by atoms with van der Waals surface area (Å²) in [6, 6.07) is 9.52. The molecule has 1 aliphatic heterocycles. The Balaban J connectivity index is 1.97. The van der Waals surface area contributed by atoms with Crippen LogP contribution in [0.4, 0.5) is 10.1 Å². The molecule has 0 unspecified atom stereocenters. The van der Waals surface area contributed by atoms with Crippen LogP contribution in [0.15, 0.2) is 47.4 Å². The van der Waals surface area contributed by atoms with Gasteiger partial charge in [-0.15, -0.1) is 0 Å². The first-order valence-corrected chi connectivity index (χ1v) is 12.5. The summed E-state index contributed by atoms with van der Waals surface area (Å²) in [7, 11) is 1.30. The molecule has 0 saturated carbocycles. The van der Waals surface area contributed by atoms with Crippen molar-refractivity contribution < 1.29 is 27.4 Å². The van der Waals surface area contributed by atoms with Crippen molar-refractivity contribution in [3.8, 4) is 5.75 Å². The Bertz CT molecular complexity index is 1120. The van der Waals surface area contributed by atoms with Gasteiger partial charge in [0.25, 0.3) is 5.91 Å². The predicted octanol–water partition coefficient (Wildman–Crippen LogP) is 2.43. The van der Waals surface area contributed by atoms with Crippen LogP contribution in [0.3, 0.4) is 0 Å². The smallest absolute Gasteiger partial charge is 0.258 e. The lowest BCUT2D eigenvalue weighted by atomic mass is 9.99. The second-order valence-electron chi connectivity index (χ2n) is 8.94. The van der Waals surface area contributed by atoms with Gasteiger partial charge in [0.15, 0.2) is 0 Å². The van der Waals surface area contributed by atoms with Crippen molar-refractivity contribution >= 4 is 21.6 Å². The van der Waals surface area contributed by atoms with E-state index in [4.69, 9.17) is 4.74 Å². The molecule has 3 rings (SSSR count). The lowest BCUT2D eigenvalue weighted by Crippen LogP contribution is -2.50. The number of amides is 1. The van der Waals surface area contributed by atoms with Crippen molar-refractivity contribution in [2.24, 2.45) is 5.92 Å². The zero-order chi connectivity index (χ0) is 25.2. The zero-order valence-corrected chi connectivity index (χ0v) is 20.9. The van der Waals surface area contributed by atoms with Gasteiger partial charge in [-0.2, -0.15) is 4.31 Å². The number of fused-ring (bicyclic) bond motifs is 1. The van der Waals surface area contributed by atoms with Crippen molar-refractivity contribution in [3.63, 3.8) is 0 Å². The quantitative estimate of drug-likeness (QED) is 0.637. The number of likely N-dealkylation sites (N-methyl/N-ethyl adjacent to an activating group) is 1. The molecule has 0 fully saturated rings. The number of halogens is 1. The van der Waals surface area contributed by atoms with Crippen LogP contribution in [-0.4, -0.2) is 81.6 Å². The highest BCUT2D eigenvalue weighted by Crippen LogP contribution is 2.31. The minimum absolute atomic E-state index is 0.0170. The Labute approximate surface area is 200 Å². The van der Waals surface area contributed by atoms with Crippen molar-refractivity contribution in [1.29, 1.82) is 0 Å². The van der Waals surface area contributed by atoms with Crippen LogP contribution in [-0.2, 0) is 10.0 Å². The minimum atomic E-state index is -3.88. The zero-order valence-electron chi connectivity index (χ0n) is 20.1. The summed E-state index contributed by atoms with van der Waals surface area (Å²) in [5.74, 6) is -0.659. The fraction of sp³-hybridized carbons (Fsp3) is 0.458. The number of anilines is 1. The van der Waals surface area contributed by atoms with E-state index in [1.54, 1.807) is 24.0 Å². The number of nitrogens with zero attached hydrogens (tertiary/aromatic N) is 3. The molecule has 0 aromatic heterocycles. The van der Waals surface area contributed by atoms with Crippen molar-refractivity contribution in [3.05, 3.63) is 53.8 Å². The molecular formula is C24H32FN3O5S. The average Bonchev–Trinajstić information content (AvgIpc) is 2.80. The van der Waals surface area contributed by atoms with E-state index in [9.17, 15) is 22.7 Å². The Morgan fingerprint density at radius 2 is 1.82 bits per heavy atom. The van der Waals surface area contributed by atoms with Crippen LogP contribution in [0.25, 0.3) is 0 Å². The maximum absolute atomic E-state index is 13.4. The molecule has 34 heavy (non-hydrogen) atoms. The number of sulfonamides is 1. The number of aliphatic hydroxyl groups excluding tert-OH is 1. The SMILES string of the molecule is C[C@H](CO)N1C[C@H](C)[C@@H](CN(C)S(=O)(=O)c2ccc(F)cc2)Oc2ccc(N(C)C)cc2C1=O. The van der Waals surface area contributed by atoms with Crippen LogP contribution in [0, 0.1) is 11.7 Å². The summed E-state index contributed by atoms with van der Waals surface area (Å²) in [6.07, 6.45) is -0.578. The molecule has 1 aliphatic rings. The molecule has 10 heteroatoms. The van der Waals surface area contributed by atoms with Crippen LogP contribution in [0.2, 0.25) is 0 Å². The van der Waals surface area contributed by atoms with Crippen molar-refractivity contribution in [2.75, 3.05) is 45.7 Å². The van der Waals surface area contributed by atoms with E-state index in [0.29, 0.717) is 11.3 Å². The number of rotatable bonds is 7. The van der Waals surface area contributed by atoms with Gasteiger partial charge in [-0.1, -0.05) is 6.92 Å². The van der Waals surface area contributed by atoms with Gasteiger partial charge in [-0.25, -0.2) is 12.8 Å². The molecule has 1 amide bonds. The lowest BCUT2D eigenvalue weighted by Gasteiger charge is -2.38. The summed E-state index contributed by atoms with van der Waals surface area (Å²) in [6.45, 7) is 3.74. The number of benzene rings is 2. The fourth-order valence-electron chi connectivity index (χ4n) is 3.84. The molecule has 0 saturated heterocycles. The molecule has 3 atom stereocenters. The molecule has 1 heterocycles. The van der Waals surface area contributed by atoms with E-state index >= 15 is 0 Å². The second kappa shape index (κ2) is 10.3. The summed E-state index contributed by atoms with van der Waals surface area (Å²) >= 11 is 0. The topological polar surface area (TPSA) is 90.4 Å². The van der Waals surface area contributed by atoms with Gasteiger partial charge in [-0.3, -0.25) is 4.79 Å². The Morgan fingerprint density at radius 3 is 2.41 bits per heavy atom. The molecule has 186 valence electrons. The number of carbonyl (C=O) groups excluding carboxylic acids is 1. The van der Waals surface area contributed by atoms with Crippen LogP contribution in [0.1, 0.15) is 24.2 Å². The third kappa shape index (κ3) is 5.34. The Hall–Kier alpha value is -2.69. The first kappa shape index (κ1) is 25.9. The minimum Gasteiger partial charge on any atom is -0.488 e. The number of carbonyl (C=O) groups is 1. The molecule has 8 nitrogen and oxygen atoms in total. The molecule has 2 aromatic rings. The highest BCUT2D eigenvalue weighted by atomic mass is 32.2. The number of hydrogen-bond acceptors (Lipinski definition) is 6. The van der Waals surface area contributed by atoms with E-state index in [2.05, 4.69) is 0 Å². The standard InChI is InChI=1S/C24H32FN3O5S/c1-16-13-28(17(2)15-29)24(30)21-12-19(26(3)4)8-11-22(21)33-23(16)14-27(5)34(31,32)20-9-6-18(25)7-10-20/h6-12,16-17,23,29H,13-15H2,1-5H3/t16-,17+,23+/m0/s1. The highest BCUT2D eigenvalue weighted by Gasteiger charge is 2.35. The molecule has 1 N–H and O–H groups in total. The van der Waals surface area contributed by atoms with E-state index in [-0.39, 0.29) is 36.4 Å². The van der Waals surface area contributed by atoms with Gasteiger partial charge in [-0.05, 0) is 49.4 Å². The maximum Gasteiger partial charge on any atom is 0.258 e. The molecular weight excluding hydrogens is 461 g/mol. The predicted molar refractivity (Wildman–Crippen MR) is 128 cm³/mol. The van der Waals surface area contributed by atoms with E-state index in [1.807, 2.05) is 32.0 Å². The third-order valence-electron chi connectivity index (χ3n) is 6.12. The maximum atomic E-state index is 13.4. The van der Waals surface area contributed by atoms with Gasteiger partial charge in [0.05, 0.1) is 29.7 Å². The van der Waals surface area contributed by atoms with Crippen molar-refractivity contribution in [1.82, 2.24) is 9.21 Å². The number of ether oxygens (including phenoxy) is 1. The molecule has 2 aromatic carbocycles. The number of aliphatic hydroxyl groups is 1. The highest BCUT2D eigenvalue weighted by molar-refractivity contribution is 7.89. The molecule has 0 radical (unpaired) electrons. The van der Waals surface area contributed by atoms with Gasteiger partial charge in [0.2, 0.25) is 10.0 Å². The molecule has 0 bridgehead atoms. The van der Waals surface area contributed by atoms with Crippen molar-refractivity contribution in [2.45, 2.75) is 30.9 Å². The van der Waals surface area contributed by atoms with Crippen LogP contribution < -0.4 is 9.64 Å². The Morgan fingerprint density at radius 1 is 1.18 bits per heavy atom. The van der Waals surface area contributed by atoms with E-state index in [0.717, 1.165) is 17.8 Å². The molecule has 0 aliphatic carbocycles. The third-order valence-corrected chi connectivity index (χ3v) is 7.96.